The van der Waals surface area contributed by atoms with Crippen molar-refractivity contribution < 1.29 is 23.1 Å². The van der Waals surface area contributed by atoms with Gasteiger partial charge in [0.1, 0.15) is 5.69 Å². The standard InChI is InChI=1S/C20H25N5O5S/c1-25-16(19(27)21-8-9-26)11-17(23-25)31(29,30)24-20(28)22-18-14-6-2-4-12(14)10-13-5-3-7-15(13)18/h10-11,26H,2-9H2,1H3,(H,21,27)(H2,22,24,28). The van der Waals surface area contributed by atoms with E-state index in [-0.39, 0.29) is 18.8 Å². The van der Waals surface area contributed by atoms with Gasteiger partial charge in [0.25, 0.3) is 15.9 Å². The summed E-state index contributed by atoms with van der Waals surface area (Å²) in [6.07, 6.45) is 5.68. The van der Waals surface area contributed by atoms with E-state index in [2.05, 4.69) is 21.8 Å². The Morgan fingerprint density at radius 1 is 1.10 bits per heavy atom. The molecule has 1 aromatic heterocycles. The molecule has 2 aromatic rings. The van der Waals surface area contributed by atoms with Crippen molar-refractivity contribution in [2.75, 3.05) is 18.5 Å². The number of anilines is 1. The number of aryl methyl sites for hydroxylation is 3. The SMILES string of the molecule is Cn1nc(S(=O)(=O)NC(=O)Nc2c3c(cc4c2CCC4)CCC3)cc1C(=O)NCCO. The molecule has 0 fully saturated rings. The highest BCUT2D eigenvalue weighted by Crippen LogP contribution is 2.38. The first-order valence-corrected chi connectivity index (χ1v) is 11.7. The highest BCUT2D eigenvalue weighted by molar-refractivity contribution is 7.90. The van der Waals surface area contributed by atoms with Crippen molar-refractivity contribution in [2.24, 2.45) is 7.05 Å². The van der Waals surface area contributed by atoms with Crippen LogP contribution in [0.5, 0.6) is 0 Å². The van der Waals surface area contributed by atoms with Gasteiger partial charge in [0.2, 0.25) is 0 Å². The topological polar surface area (TPSA) is 142 Å². The Bertz CT molecular complexity index is 1120. The number of sulfonamides is 1. The van der Waals surface area contributed by atoms with E-state index in [0.717, 1.165) is 66.1 Å². The Balaban J connectivity index is 1.53. The van der Waals surface area contributed by atoms with Crippen LogP contribution in [0.25, 0.3) is 0 Å². The van der Waals surface area contributed by atoms with Gasteiger partial charge in [-0.05, 0) is 60.8 Å². The average Bonchev–Trinajstić information content (AvgIpc) is 3.44. The third kappa shape index (κ3) is 4.15. The molecule has 0 saturated heterocycles. The second-order valence-electron chi connectivity index (χ2n) is 7.76. The van der Waals surface area contributed by atoms with Crippen LogP contribution in [-0.4, -0.2) is 48.4 Å². The molecule has 3 amide bonds. The number of nitrogens with one attached hydrogen (secondary N) is 3. The van der Waals surface area contributed by atoms with Crippen LogP contribution in [0, 0.1) is 0 Å². The largest absolute Gasteiger partial charge is 0.395 e. The molecular weight excluding hydrogens is 422 g/mol. The first-order valence-electron chi connectivity index (χ1n) is 10.2. The molecule has 2 aliphatic rings. The molecule has 4 N–H and O–H groups in total. The summed E-state index contributed by atoms with van der Waals surface area (Å²) < 4.78 is 28.5. The van der Waals surface area contributed by atoms with Gasteiger partial charge in [0.15, 0.2) is 5.03 Å². The van der Waals surface area contributed by atoms with Gasteiger partial charge >= 0.3 is 6.03 Å². The van der Waals surface area contributed by atoms with Gasteiger partial charge in [-0.2, -0.15) is 13.5 Å². The van der Waals surface area contributed by atoms with E-state index in [1.165, 1.54) is 18.2 Å². The molecule has 0 spiro atoms. The van der Waals surface area contributed by atoms with E-state index in [9.17, 15) is 18.0 Å². The van der Waals surface area contributed by atoms with Crippen molar-refractivity contribution in [2.45, 2.75) is 43.6 Å². The Hall–Kier alpha value is -2.92. The summed E-state index contributed by atoms with van der Waals surface area (Å²) in [5, 5.41) is 17.4. The predicted octanol–water partition coefficient (Wildman–Crippen LogP) is 0.630. The van der Waals surface area contributed by atoms with Gasteiger partial charge in [0, 0.05) is 25.3 Å². The minimum atomic E-state index is -4.29. The highest BCUT2D eigenvalue weighted by atomic mass is 32.2. The van der Waals surface area contributed by atoms with Gasteiger partial charge in [-0.1, -0.05) is 6.07 Å². The Morgan fingerprint density at radius 2 is 1.74 bits per heavy atom. The molecule has 10 nitrogen and oxygen atoms in total. The number of nitrogens with zero attached hydrogens (tertiary/aromatic N) is 2. The first-order chi connectivity index (χ1) is 14.8. The smallest absolute Gasteiger partial charge is 0.333 e. The second kappa shape index (κ2) is 8.31. The van der Waals surface area contributed by atoms with Crippen molar-refractivity contribution in [1.82, 2.24) is 19.8 Å². The summed E-state index contributed by atoms with van der Waals surface area (Å²) in [7, 11) is -2.87. The third-order valence-electron chi connectivity index (χ3n) is 5.70. The zero-order chi connectivity index (χ0) is 22.2. The lowest BCUT2D eigenvalue weighted by Crippen LogP contribution is -2.35. The van der Waals surface area contributed by atoms with Crippen LogP contribution in [0.4, 0.5) is 10.5 Å². The molecule has 1 heterocycles. The summed E-state index contributed by atoms with van der Waals surface area (Å²) in [6, 6.07) is 2.45. The summed E-state index contributed by atoms with van der Waals surface area (Å²) in [4.78, 5) is 24.7. The van der Waals surface area contributed by atoms with Crippen LogP contribution in [0.2, 0.25) is 0 Å². The number of hydrogen-bond acceptors (Lipinski definition) is 6. The molecule has 1 aromatic carbocycles. The Kier molecular flexibility index (Phi) is 5.71. The number of fused-ring (bicyclic) bond motifs is 2. The number of aliphatic hydroxyl groups is 1. The number of hydrogen-bond donors (Lipinski definition) is 4. The summed E-state index contributed by atoms with van der Waals surface area (Å²) in [6.45, 7) is -0.220. The fraction of sp³-hybridized carbons (Fsp3) is 0.450. The van der Waals surface area contributed by atoms with E-state index < -0.39 is 27.0 Å². The molecule has 0 bridgehead atoms. The highest BCUT2D eigenvalue weighted by Gasteiger charge is 2.28. The fourth-order valence-corrected chi connectivity index (χ4v) is 5.22. The Labute approximate surface area is 180 Å². The number of aliphatic hydroxyl groups excluding tert-OH is 1. The van der Waals surface area contributed by atoms with E-state index in [4.69, 9.17) is 5.11 Å². The number of carbonyl (C=O) groups is 2. The molecule has 0 saturated carbocycles. The quantitative estimate of drug-likeness (QED) is 0.512. The minimum Gasteiger partial charge on any atom is -0.395 e. The number of benzene rings is 1. The molecule has 0 radical (unpaired) electrons. The zero-order valence-electron chi connectivity index (χ0n) is 17.2. The fourth-order valence-electron chi connectivity index (χ4n) is 4.33. The lowest BCUT2D eigenvalue weighted by atomic mass is 9.99. The van der Waals surface area contributed by atoms with Crippen molar-refractivity contribution >= 4 is 27.6 Å². The Morgan fingerprint density at radius 3 is 2.35 bits per heavy atom. The third-order valence-corrected chi connectivity index (χ3v) is 6.91. The van der Waals surface area contributed by atoms with Crippen molar-refractivity contribution in [1.29, 1.82) is 0 Å². The molecule has 0 aliphatic heterocycles. The number of rotatable bonds is 6. The summed E-state index contributed by atoms with van der Waals surface area (Å²) in [5.41, 5.74) is 5.36. The lowest BCUT2D eigenvalue weighted by molar-refractivity contribution is 0.0935. The summed E-state index contributed by atoms with van der Waals surface area (Å²) >= 11 is 0. The van der Waals surface area contributed by atoms with Crippen LogP contribution in [0.3, 0.4) is 0 Å². The predicted molar refractivity (Wildman–Crippen MR) is 112 cm³/mol. The van der Waals surface area contributed by atoms with Gasteiger partial charge in [0.05, 0.1) is 6.61 Å². The molecule has 11 heteroatoms. The molecule has 166 valence electrons. The zero-order valence-corrected chi connectivity index (χ0v) is 18.0. The van der Waals surface area contributed by atoms with Crippen LogP contribution in [-0.2, 0) is 42.8 Å². The van der Waals surface area contributed by atoms with Gasteiger partial charge in [-0.3, -0.25) is 9.48 Å². The molecule has 0 atom stereocenters. The number of aromatic nitrogens is 2. The second-order valence-corrected chi connectivity index (χ2v) is 9.39. The maximum absolute atomic E-state index is 12.7. The van der Waals surface area contributed by atoms with Crippen molar-refractivity contribution in [3.8, 4) is 0 Å². The van der Waals surface area contributed by atoms with Crippen LogP contribution >= 0.6 is 0 Å². The van der Waals surface area contributed by atoms with Crippen LogP contribution in [0.15, 0.2) is 17.2 Å². The van der Waals surface area contributed by atoms with E-state index >= 15 is 0 Å². The number of carbonyl (C=O) groups excluding carboxylic acids is 2. The monoisotopic (exact) mass is 447 g/mol. The van der Waals surface area contributed by atoms with E-state index in [1.807, 2.05) is 4.72 Å². The van der Waals surface area contributed by atoms with Crippen LogP contribution in [0.1, 0.15) is 45.6 Å². The van der Waals surface area contributed by atoms with E-state index in [1.54, 1.807) is 0 Å². The summed E-state index contributed by atoms with van der Waals surface area (Å²) in [5.74, 6) is -0.578. The van der Waals surface area contributed by atoms with Crippen LogP contribution < -0.4 is 15.4 Å². The minimum absolute atomic E-state index is 0.00654. The van der Waals surface area contributed by atoms with Gasteiger partial charge in [-0.15, -0.1) is 0 Å². The van der Waals surface area contributed by atoms with Gasteiger partial charge in [-0.25, -0.2) is 9.52 Å². The molecule has 0 unspecified atom stereocenters. The first kappa shape index (κ1) is 21.3. The van der Waals surface area contributed by atoms with Crippen molar-refractivity contribution in [3.05, 3.63) is 40.1 Å². The normalized spacial score (nSPS) is 14.8. The number of amides is 3. The van der Waals surface area contributed by atoms with E-state index in [0.29, 0.717) is 0 Å². The van der Waals surface area contributed by atoms with Gasteiger partial charge < -0.3 is 15.7 Å². The van der Waals surface area contributed by atoms with Crippen molar-refractivity contribution in [3.63, 3.8) is 0 Å². The molecule has 2 aliphatic carbocycles. The maximum atomic E-state index is 12.7. The molecular formula is C20H25N5O5S. The average molecular weight is 448 g/mol. The lowest BCUT2D eigenvalue weighted by Gasteiger charge is -2.16. The number of urea groups is 1. The maximum Gasteiger partial charge on any atom is 0.333 e. The molecule has 4 rings (SSSR count). The molecule has 31 heavy (non-hydrogen) atoms.